The molecule has 1 aromatic rings. The van der Waals surface area contributed by atoms with Crippen molar-refractivity contribution >= 4 is 5.78 Å². The Hall–Kier alpha value is -1.15. The molecule has 0 radical (unpaired) electrons. The molecule has 2 rings (SSSR count). The van der Waals surface area contributed by atoms with Gasteiger partial charge in [-0.3, -0.25) is 4.79 Å². The van der Waals surface area contributed by atoms with Gasteiger partial charge in [0.2, 0.25) is 0 Å². The standard InChI is InChI=1S/C16H22O2/c1-10-4-9-15(12(3)11(10)2)16(18)13-5-7-14(17)8-6-13/h4,9,13-14,17H,5-8H2,1-3H3. The van der Waals surface area contributed by atoms with Crippen LogP contribution in [0.25, 0.3) is 0 Å². The zero-order chi connectivity index (χ0) is 13.3. The van der Waals surface area contributed by atoms with Crippen LogP contribution in [0, 0.1) is 26.7 Å². The van der Waals surface area contributed by atoms with Crippen molar-refractivity contribution in [2.45, 2.75) is 52.6 Å². The monoisotopic (exact) mass is 246 g/mol. The number of hydrogen-bond donors (Lipinski definition) is 1. The molecule has 0 atom stereocenters. The van der Waals surface area contributed by atoms with Crippen LogP contribution < -0.4 is 0 Å². The van der Waals surface area contributed by atoms with E-state index in [1.807, 2.05) is 19.1 Å². The van der Waals surface area contributed by atoms with Gasteiger partial charge in [0.1, 0.15) is 0 Å². The maximum absolute atomic E-state index is 12.5. The maximum Gasteiger partial charge on any atom is 0.166 e. The Morgan fingerprint density at radius 1 is 1.06 bits per heavy atom. The van der Waals surface area contributed by atoms with Gasteiger partial charge in [0.05, 0.1) is 6.10 Å². The zero-order valence-electron chi connectivity index (χ0n) is 11.5. The van der Waals surface area contributed by atoms with Crippen LogP contribution in [0.5, 0.6) is 0 Å². The van der Waals surface area contributed by atoms with Crippen molar-refractivity contribution in [2.24, 2.45) is 5.92 Å². The Balaban J connectivity index is 2.21. The number of Topliss-reactive ketones (excluding diaryl/α,β-unsaturated/α-hetero) is 1. The number of benzene rings is 1. The minimum atomic E-state index is -0.199. The molecule has 0 saturated heterocycles. The number of ketones is 1. The van der Waals surface area contributed by atoms with E-state index in [0.29, 0.717) is 0 Å². The molecule has 1 fully saturated rings. The summed E-state index contributed by atoms with van der Waals surface area (Å²) in [6.07, 6.45) is 2.98. The third kappa shape index (κ3) is 2.49. The van der Waals surface area contributed by atoms with Crippen molar-refractivity contribution in [3.05, 3.63) is 34.4 Å². The summed E-state index contributed by atoms with van der Waals surface area (Å²) in [5.74, 6) is 0.372. The first-order valence-electron chi connectivity index (χ1n) is 6.79. The van der Waals surface area contributed by atoms with Gasteiger partial charge in [-0.25, -0.2) is 0 Å². The van der Waals surface area contributed by atoms with Gasteiger partial charge in [0, 0.05) is 11.5 Å². The highest BCUT2D eigenvalue weighted by atomic mass is 16.3. The normalized spacial score (nSPS) is 24.0. The Morgan fingerprint density at radius 3 is 2.28 bits per heavy atom. The van der Waals surface area contributed by atoms with E-state index in [1.54, 1.807) is 0 Å². The van der Waals surface area contributed by atoms with E-state index >= 15 is 0 Å². The summed E-state index contributed by atoms with van der Waals surface area (Å²) in [7, 11) is 0. The van der Waals surface area contributed by atoms with E-state index in [9.17, 15) is 9.90 Å². The van der Waals surface area contributed by atoms with E-state index in [1.165, 1.54) is 11.1 Å². The Morgan fingerprint density at radius 2 is 1.67 bits per heavy atom. The lowest BCUT2D eigenvalue weighted by atomic mass is 9.81. The van der Waals surface area contributed by atoms with Crippen LogP contribution in [-0.4, -0.2) is 17.0 Å². The second kappa shape index (κ2) is 5.23. The van der Waals surface area contributed by atoms with E-state index < -0.39 is 0 Å². The summed E-state index contributed by atoms with van der Waals surface area (Å²) < 4.78 is 0. The molecule has 1 saturated carbocycles. The number of rotatable bonds is 2. The van der Waals surface area contributed by atoms with Gasteiger partial charge >= 0.3 is 0 Å². The minimum Gasteiger partial charge on any atom is -0.393 e. The molecular formula is C16H22O2. The number of aliphatic hydroxyl groups is 1. The van der Waals surface area contributed by atoms with Crippen LogP contribution in [0.3, 0.4) is 0 Å². The zero-order valence-corrected chi connectivity index (χ0v) is 11.5. The molecule has 1 aromatic carbocycles. The fourth-order valence-electron chi connectivity index (χ4n) is 2.78. The second-order valence-corrected chi connectivity index (χ2v) is 5.55. The van der Waals surface area contributed by atoms with Crippen molar-refractivity contribution in [1.82, 2.24) is 0 Å². The highest BCUT2D eigenvalue weighted by Crippen LogP contribution is 2.29. The summed E-state index contributed by atoms with van der Waals surface area (Å²) in [5, 5.41) is 9.50. The SMILES string of the molecule is Cc1ccc(C(=O)C2CCC(O)CC2)c(C)c1C. The van der Waals surface area contributed by atoms with Crippen molar-refractivity contribution < 1.29 is 9.90 Å². The lowest BCUT2D eigenvalue weighted by Crippen LogP contribution is -2.25. The van der Waals surface area contributed by atoms with Crippen LogP contribution in [0.1, 0.15) is 52.7 Å². The first-order valence-corrected chi connectivity index (χ1v) is 6.79. The number of carbonyl (C=O) groups is 1. The molecule has 1 aliphatic carbocycles. The summed E-state index contributed by atoms with van der Waals surface area (Å²) in [6, 6.07) is 4.00. The lowest BCUT2D eigenvalue weighted by molar-refractivity contribution is 0.0764. The molecule has 98 valence electrons. The van der Waals surface area contributed by atoms with Gasteiger partial charge in [0.25, 0.3) is 0 Å². The highest BCUT2D eigenvalue weighted by Gasteiger charge is 2.27. The molecule has 2 heteroatoms. The van der Waals surface area contributed by atoms with Gasteiger partial charge in [-0.2, -0.15) is 0 Å². The molecule has 0 amide bonds. The van der Waals surface area contributed by atoms with Crippen LogP contribution >= 0.6 is 0 Å². The number of aliphatic hydroxyl groups excluding tert-OH is 1. The summed E-state index contributed by atoms with van der Waals surface area (Å²) >= 11 is 0. The summed E-state index contributed by atoms with van der Waals surface area (Å²) in [6.45, 7) is 6.19. The molecule has 0 unspecified atom stereocenters. The average Bonchev–Trinajstić information content (AvgIpc) is 2.36. The first-order chi connectivity index (χ1) is 8.50. The van der Waals surface area contributed by atoms with Crippen LogP contribution in [-0.2, 0) is 0 Å². The van der Waals surface area contributed by atoms with Crippen LogP contribution in [0.15, 0.2) is 12.1 Å². The van der Waals surface area contributed by atoms with Crippen LogP contribution in [0.2, 0.25) is 0 Å². The van der Waals surface area contributed by atoms with Gasteiger partial charge in [0.15, 0.2) is 5.78 Å². The van der Waals surface area contributed by atoms with E-state index in [0.717, 1.165) is 36.8 Å². The number of carbonyl (C=O) groups excluding carboxylic acids is 1. The van der Waals surface area contributed by atoms with E-state index in [2.05, 4.69) is 13.8 Å². The Bertz CT molecular complexity index is 454. The highest BCUT2D eigenvalue weighted by molar-refractivity contribution is 5.99. The fourth-order valence-corrected chi connectivity index (χ4v) is 2.78. The minimum absolute atomic E-state index is 0.106. The van der Waals surface area contributed by atoms with Gasteiger partial charge in [-0.15, -0.1) is 0 Å². The average molecular weight is 246 g/mol. The molecule has 0 aliphatic heterocycles. The molecule has 0 spiro atoms. The van der Waals surface area contributed by atoms with Crippen LogP contribution in [0.4, 0.5) is 0 Å². The van der Waals surface area contributed by atoms with Gasteiger partial charge in [-0.05, 0) is 63.1 Å². The largest absolute Gasteiger partial charge is 0.393 e. The molecule has 1 N–H and O–H groups in total. The van der Waals surface area contributed by atoms with Crippen molar-refractivity contribution in [1.29, 1.82) is 0 Å². The Labute approximate surface area is 109 Å². The summed E-state index contributed by atoms with van der Waals surface area (Å²) in [4.78, 5) is 12.5. The van der Waals surface area contributed by atoms with Crippen molar-refractivity contribution in [3.63, 3.8) is 0 Å². The Kier molecular flexibility index (Phi) is 3.86. The predicted octanol–water partition coefficient (Wildman–Crippen LogP) is 3.35. The van der Waals surface area contributed by atoms with Gasteiger partial charge < -0.3 is 5.11 Å². The first kappa shape index (κ1) is 13.3. The smallest absolute Gasteiger partial charge is 0.166 e. The topological polar surface area (TPSA) is 37.3 Å². The third-order valence-electron chi connectivity index (χ3n) is 4.39. The van der Waals surface area contributed by atoms with E-state index in [-0.39, 0.29) is 17.8 Å². The quantitative estimate of drug-likeness (QED) is 0.813. The molecule has 18 heavy (non-hydrogen) atoms. The van der Waals surface area contributed by atoms with Crippen molar-refractivity contribution in [3.8, 4) is 0 Å². The molecule has 0 heterocycles. The third-order valence-corrected chi connectivity index (χ3v) is 4.39. The molecule has 0 aromatic heterocycles. The lowest BCUT2D eigenvalue weighted by Gasteiger charge is -2.25. The summed E-state index contributed by atoms with van der Waals surface area (Å²) in [5.41, 5.74) is 4.45. The van der Waals surface area contributed by atoms with Gasteiger partial charge in [-0.1, -0.05) is 12.1 Å². The molecular weight excluding hydrogens is 224 g/mol. The molecule has 1 aliphatic rings. The fraction of sp³-hybridized carbons (Fsp3) is 0.562. The molecule has 0 bridgehead atoms. The van der Waals surface area contributed by atoms with E-state index in [4.69, 9.17) is 0 Å². The second-order valence-electron chi connectivity index (χ2n) is 5.55. The number of hydrogen-bond acceptors (Lipinski definition) is 2. The number of aryl methyl sites for hydroxylation is 1. The predicted molar refractivity (Wildman–Crippen MR) is 72.9 cm³/mol. The molecule has 2 nitrogen and oxygen atoms in total. The van der Waals surface area contributed by atoms with Crippen molar-refractivity contribution in [2.75, 3.05) is 0 Å². The maximum atomic E-state index is 12.5.